The van der Waals surface area contributed by atoms with Crippen LogP contribution in [-0.4, -0.2) is 68.8 Å². The van der Waals surface area contributed by atoms with Crippen LogP contribution < -0.4 is 24.3 Å². The standard InChI is InChI=1S/C29H34F6N2O7/c1-6-9-17-14-18(27(40,28(30,31)32)29(33,34)35)10-11-20(17)44-13-8-7-12-37-24(38)26(2,36-25(37)39)19-15-21(41-3)23(43-5)22(16-19)42-4/h10-11,14-16,40H,6-9,12-13H2,1-5H3,(H,36,39). The number of nitrogens with zero attached hydrogens (tertiary/aromatic N) is 1. The van der Waals surface area contributed by atoms with Crippen molar-refractivity contribution in [2.24, 2.45) is 0 Å². The minimum Gasteiger partial charge on any atom is -0.493 e. The van der Waals surface area contributed by atoms with Crippen molar-refractivity contribution >= 4 is 11.9 Å². The van der Waals surface area contributed by atoms with Crippen LogP contribution in [0.3, 0.4) is 0 Å². The summed E-state index contributed by atoms with van der Waals surface area (Å²) in [6.07, 6.45) is -11.0. The summed E-state index contributed by atoms with van der Waals surface area (Å²) in [7, 11) is 4.26. The molecular formula is C29H34F6N2O7. The summed E-state index contributed by atoms with van der Waals surface area (Å²) in [5.74, 6) is 0.423. The number of nitrogens with one attached hydrogen (secondary N) is 1. The topological polar surface area (TPSA) is 107 Å². The fourth-order valence-corrected chi connectivity index (χ4v) is 4.92. The summed E-state index contributed by atoms with van der Waals surface area (Å²) in [6, 6.07) is 4.63. The molecule has 1 saturated heterocycles. The number of methoxy groups -OCH3 is 3. The van der Waals surface area contributed by atoms with Crippen LogP contribution in [0.15, 0.2) is 30.3 Å². The van der Waals surface area contributed by atoms with E-state index >= 15 is 0 Å². The van der Waals surface area contributed by atoms with E-state index in [0.717, 1.165) is 11.0 Å². The molecule has 1 atom stereocenters. The van der Waals surface area contributed by atoms with Gasteiger partial charge in [0.25, 0.3) is 11.5 Å². The molecule has 1 aliphatic heterocycles. The molecule has 3 amide bonds. The third-order valence-corrected chi connectivity index (χ3v) is 7.37. The molecule has 1 unspecified atom stereocenters. The van der Waals surface area contributed by atoms with Crippen LogP contribution in [0.5, 0.6) is 23.0 Å². The Morgan fingerprint density at radius 3 is 1.98 bits per heavy atom. The Labute approximate surface area is 250 Å². The van der Waals surface area contributed by atoms with Gasteiger partial charge in [-0.3, -0.25) is 9.69 Å². The van der Waals surface area contributed by atoms with Gasteiger partial charge in [0.1, 0.15) is 11.3 Å². The number of carbonyl (C=O) groups is 2. The van der Waals surface area contributed by atoms with E-state index in [2.05, 4.69) is 5.32 Å². The number of hydrogen-bond donors (Lipinski definition) is 2. The molecule has 3 rings (SSSR count). The Bertz CT molecular complexity index is 1330. The monoisotopic (exact) mass is 636 g/mol. The molecule has 0 bridgehead atoms. The molecular weight excluding hydrogens is 602 g/mol. The van der Waals surface area contributed by atoms with Crippen molar-refractivity contribution in [1.29, 1.82) is 0 Å². The van der Waals surface area contributed by atoms with Gasteiger partial charge in [0.05, 0.1) is 27.9 Å². The molecule has 9 nitrogen and oxygen atoms in total. The number of halogens is 6. The largest absolute Gasteiger partial charge is 0.493 e. The van der Waals surface area contributed by atoms with E-state index in [1.807, 2.05) is 0 Å². The number of carbonyl (C=O) groups excluding carboxylic acids is 2. The van der Waals surface area contributed by atoms with E-state index in [-0.39, 0.29) is 48.8 Å². The highest BCUT2D eigenvalue weighted by Crippen LogP contribution is 2.50. The van der Waals surface area contributed by atoms with Gasteiger partial charge in [-0.2, -0.15) is 26.3 Å². The van der Waals surface area contributed by atoms with Crippen LogP contribution in [0.4, 0.5) is 31.1 Å². The zero-order valence-electron chi connectivity index (χ0n) is 24.7. The minimum atomic E-state index is -6.00. The van der Waals surface area contributed by atoms with E-state index < -0.39 is 41.0 Å². The zero-order chi connectivity index (χ0) is 33.1. The number of unbranched alkanes of at least 4 members (excludes halogenated alkanes) is 1. The Kier molecular flexibility index (Phi) is 10.2. The van der Waals surface area contributed by atoms with Crippen molar-refractivity contribution in [2.45, 2.75) is 63.0 Å². The summed E-state index contributed by atoms with van der Waals surface area (Å²) in [6.45, 7) is 3.22. The van der Waals surface area contributed by atoms with Crippen LogP contribution in [0, 0.1) is 0 Å². The molecule has 2 aromatic rings. The second-order valence-electron chi connectivity index (χ2n) is 10.3. The summed E-state index contributed by atoms with van der Waals surface area (Å²) < 4.78 is 102. The lowest BCUT2D eigenvalue weighted by molar-refractivity contribution is -0.376. The third kappa shape index (κ3) is 6.33. The smallest absolute Gasteiger partial charge is 0.430 e. The minimum absolute atomic E-state index is 0.00728. The van der Waals surface area contributed by atoms with Crippen molar-refractivity contribution < 1.29 is 60.0 Å². The maximum Gasteiger partial charge on any atom is 0.430 e. The number of aliphatic hydroxyl groups is 1. The fraction of sp³-hybridized carbons (Fsp3) is 0.517. The van der Waals surface area contributed by atoms with Gasteiger partial charge >= 0.3 is 18.4 Å². The van der Waals surface area contributed by atoms with Crippen molar-refractivity contribution in [3.8, 4) is 23.0 Å². The van der Waals surface area contributed by atoms with E-state index in [9.17, 15) is 41.0 Å². The normalized spacial score (nSPS) is 17.5. The highest BCUT2D eigenvalue weighted by atomic mass is 19.4. The number of rotatable bonds is 13. The van der Waals surface area contributed by atoms with E-state index in [1.165, 1.54) is 28.3 Å². The highest BCUT2D eigenvalue weighted by Gasteiger charge is 2.71. The first kappa shape index (κ1) is 34.6. The number of alkyl halides is 6. The van der Waals surface area contributed by atoms with Gasteiger partial charge in [-0.15, -0.1) is 0 Å². The molecule has 2 N–H and O–H groups in total. The van der Waals surface area contributed by atoms with Crippen LogP contribution in [0.2, 0.25) is 0 Å². The van der Waals surface area contributed by atoms with Gasteiger partial charge in [0.15, 0.2) is 11.5 Å². The molecule has 0 aliphatic carbocycles. The van der Waals surface area contributed by atoms with Crippen molar-refractivity contribution in [3.05, 3.63) is 47.0 Å². The summed E-state index contributed by atoms with van der Waals surface area (Å²) in [4.78, 5) is 27.2. The molecule has 1 fully saturated rings. The number of benzene rings is 2. The Balaban J connectivity index is 1.69. The lowest BCUT2D eigenvalue weighted by Crippen LogP contribution is -2.53. The van der Waals surface area contributed by atoms with Gasteiger partial charge in [0, 0.05) is 12.1 Å². The molecule has 244 valence electrons. The SMILES string of the molecule is CCCc1cc(C(O)(C(F)(F)F)C(F)(F)F)ccc1OCCCCN1C(=O)NC(C)(c2cc(OC)c(OC)c(OC)c2)C1=O. The first-order valence-electron chi connectivity index (χ1n) is 13.6. The predicted molar refractivity (Wildman–Crippen MR) is 145 cm³/mol. The van der Waals surface area contributed by atoms with E-state index in [0.29, 0.717) is 36.3 Å². The summed E-state index contributed by atoms with van der Waals surface area (Å²) >= 11 is 0. The van der Waals surface area contributed by atoms with Crippen molar-refractivity contribution in [1.82, 2.24) is 10.2 Å². The Morgan fingerprint density at radius 1 is 0.886 bits per heavy atom. The Morgan fingerprint density at radius 2 is 1.48 bits per heavy atom. The van der Waals surface area contributed by atoms with Gasteiger partial charge in [-0.05, 0) is 61.6 Å². The van der Waals surface area contributed by atoms with Crippen molar-refractivity contribution in [3.63, 3.8) is 0 Å². The maximum atomic E-state index is 13.4. The molecule has 0 radical (unpaired) electrons. The first-order valence-corrected chi connectivity index (χ1v) is 13.6. The molecule has 0 saturated carbocycles. The quantitative estimate of drug-likeness (QED) is 0.168. The van der Waals surface area contributed by atoms with Gasteiger partial charge in [-0.25, -0.2) is 4.79 Å². The molecule has 1 heterocycles. The van der Waals surface area contributed by atoms with E-state index in [4.69, 9.17) is 18.9 Å². The maximum absolute atomic E-state index is 13.4. The fourth-order valence-electron chi connectivity index (χ4n) is 4.92. The molecule has 2 aromatic carbocycles. The zero-order valence-corrected chi connectivity index (χ0v) is 24.7. The van der Waals surface area contributed by atoms with E-state index in [1.54, 1.807) is 19.1 Å². The molecule has 0 spiro atoms. The number of ether oxygens (including phenoxy) is 4. The summed E-state index contributed by atoms with van der Waals surface area (Å²) in [5, 5.41) is 12.4. The van der Waals surface area contributed by atoms with Gasteiger partial charge in [0.2, 0.25) is 5.75 Å². The number of amides is 3. The molecule has 1 aliphatic rings. The van der Waals surface area contributed by atoms with Gasteiger partial charge < -0.3 is 29.4 Å². The lowest BCUT2D eigenvalue weighted by Gasteiger charge is -2.33. The van der Waals surface area contributed by atoms with Crippen LogP contribution in [0.1, 0.15) is 49.8 Å². The summed E-state index contributed by atoms with van der Waals surface area (Å²) in [5.41, 5.74) is -7.38. The van der Waals surface area contributed by atoms with Crippen molar-refractivity contribution in [2.75, 3.05) is 34.5 Å². The molecule has 0 aromatic heterocycles. The molecule has 44 heavy (non-hydrogen) atoms. The average Bonchev–Trinajstić information content (AvgIpc) is 3.18. The predicted octanol–water partition coefficient (Wildman–Crippen LogP) is 5.60. The molecule has 15 heteroatoms. The number of aryl methyl sites for hydroxylation is 1. The average molecular weight is 637 g/mol. The third-order valence-electron chi connectivity index (χ3n) is 7.37. The second kappa shape index (κ2) is 13.0. The van der Waals surface area contributed by atoms with Crippen LogP contribution >= 0.6 is 0 Å². The van der Waals surface area contributed by atoms with Crippen LogP contribution in [0.25, 0.3) is 0 Å². The number of urea groups is 1. The van der Waals surface area contributed by atoms with Crippen LogP contribution in [-0.2, 0) is 22.4 Å². The lowest BCUT2D eigenvalue weighted by atomic mass is 9.90. The first-order chi connectivity index (χ1) is 20.5. The van der Waals surface area contributed by atoms with Gasteiger partial charge in [-0.1, -0.05) is 19.4 Å². The second-order valence-corrected chi connectivity index (χ2v) is 10.3. The Hall–Kier alpha value is -3.88. The number of imide groups is 1. The number of hydrogen-bond acceptors (Lipinski definition) is 7. The highest BCUT2D eigenvalue weighted by molar-refractivity contribution is 6.07.